The van der Waals surface area contributed by atoms with Gasteiger partial charge in [-0.2, -0.15) is 4.31 Å². The summed E-state index contributed by atoms with van der Waals surface area (Å²) in [6.45, 7) is 3.85. The Bertz CT molecular complexity index is 593. The van der Waals surface area contributed by atoms with Gasteiger partial charge in [0.05, 0.1) is 17.6 Å². The van der Waals surface area contributed by atoms with Crippen molar-refractivity contribution in [2.45, 2.75) is 6.92 Å². The number of aromatic nitrogens is 1. The van der Waals surface area contributed by atoms with Crippen LogP contribution < -0.4 is 16.0 Å². The molecule has 8 nitrogen and oxygen atoms in total. The summed E-state index contributed by atoms with van der Waals surface area (Å²) >= 11 is 0. The van der Waals surface area contributed by atoms with Gasteiger partial charge in [0.15, 0.2) is 5.96 Å². The van der Waals surface area contributed by atoms with Gasteiger partial charge in [0.2, 0.25) is 10.0 Å². The highest BCUT2D eigenvalue weighted by molar-refractivity contribution is 7.89. The third-order valence-electron chi connectivity index (χ3n) is 3.35. The van der Waals surface area contributed by atoms with Gasteiger partial charge in [-0.15, -0.1) is 0 Å². The predicted molar refractivity (Wildman–Crippen MR) is 83.0 cm³/mol. The molecule has 0 saturated carbocycles. The van der Waals surface area contributed by atoms with Crippen molar-refractivity contribution in [3.8, 4) is 0 Å². The van der Waals surface area contributed by atoms with Crippen LogP contribution in [-0.2, 0) is 10.0 Å². The molecule has 0 radical (unpaired) electrons. The van der Waals surface area contributed by atoms with E-state index in [-0.39, 0.29) is 11.7 Å². The molecule has 1 aliphatic heterocycles. The maximum atomic E-state index is 11.8. The fourth-order valence-corrected chi connectivity index (χ4v) is 3.27. The summed E-state index contributed by atoms with van der Waals surface area (Å²) in [5.74, 6) is 0.789. The van der Waals surface area contributed by atoms with E-state index in [1.54, 1.807) is 19.2 Å². The van der Waals surface area contributed by atoms with Crippen molar-refractivity contribution in [2.75, 3.05) is 42.1 Å². The Labute approximate surface area is 124 Å². The van der Waals surface area contributed by atoms with Gasteiger partial charge < -0.3 is 16.0 Å². The molecule has 1 saturated heterocycles. The SMILES string of the molecule is CCS(=O)(=O)N1CCN(c2ccc(NC(=N)N)cn2)CC1. The Morgan fingerprint density at radius 3 is 2.52 bits per heavy atom. The van der Waals surface area contributed by atoms with Gasteiger partial charge in [0, 0.05) is 26.2 Å². The number of nitrogens with zero attached hydrogens (tertiary/aromatic N) is 3. The molecule has 2 heterocycles. The fourth-order valence-electron chi connectivity index (χ4n) is 2.18. The minimum Gasteiger partial charge on any atom is -0.370 e. The van der Waals surface area contributed by atoms with Gasteiger partial charge in [-0.3, -0.25) is 5.41 Å². The number of anilines is 2. The Kier molecular flexibility index (Phi) is 4.63. The molecular weight excluding hydrogens is 292 g/mol. The molecule has 0 spiro atoms. The van der Waals surface area contributed by atoms with Gasteiger partial charge in [0.25, 0.3) is 0 Å². The van der Waals surface area contributed by atoms with E-state index in [2.05, 4.69) is 10.3 Å². The monoisotopic (exact) mass is 312 g/mol. The lowest BCUT2D eigenvalue weighted by Crippen LogP contribution is -2.49. The summed E-state index contributed by atoms with van der Waals surface area (Å²) < 4.78 is 25.1. The number of guanidine groups is 1. The molecule has 0 bridgehead atoms. The van der Waals surface area contributed by atoms with Crippen molar-refractivity contribution in [1.82, 2.24) is 9.29 Å². The van der Waals surface area contributed by atoms with Crippen molar-refractivity contribution < 1.29 is 8.42 Å². The molecule has 9 heteroatoms. The van der Waals surface area contributed by atoms with Crippen LogP contribution >= 0.6 is 0 Å². The normalized spacial score (nSPS) is 16.7. The van der Waals surface area contributed by atoms with E-state index >= 15 is 0 Å². The molecule has 0 amide bonds. The highest BCUT2D eigenvalue weighted by atomic mass is 32.2. The summed E-state index contributed by atoms with van der Waals surface area (Å²) in [6, 6.07) is 3.62. The van der Waals surface area contributed by atoms with Crippen LogP contribution in [0.4, 0.5) is 11.5 Å². The average Bonchev–Trinajstić information content (AvgIpc) is 2.47. The number of hydrogen-bond donors (Lipinski definition) is 3. The van der Waals surface area contributed by atoms with Gasteiger partial charge in [-0.25, -0.2) is 13.4 Å². The zero-order valence-electron chi connectivity index (χ0n) is 11.9. The van der Waals surface area contributed by atoms with Crippen LogP contribution in [0.2, 0.25) is 0 Å². The van der Waals surface area contributed by atoms with Crippen molar-refractivity contribution >= 4 is 27.5 Å². The first-order chi connectivity index (χ1) is 9.92. The molecule has 21 heavy (non-hydrogen) atoms. The fraction of sp³-hybridized carbons (Fsp3) is 0.500. The first-order valence-electron chi connectivity index (χ1n) is 6.72. The second kappa shape index (κ2) is 6.27. The topological polar surface area (TPSA) is 115 Å². The average molecular weight is 312 g/mol. The van der Waals surface area contributed by atoms with Crippen molar-refractivity contribution in [2.24, 2.45) is 5.73 Å². The van der Waals surface area contributed by atoms with E-state index in [0.29, 0.717) is 31.9 Å². The highest BCUT2D eigenvalue weighted by Crippen LogP contribution is 2.17. The van der Waals surface area contributed by atoms with E-state index in [1.165, 1.54) is 4.31 Å². The van der Waals surface area contributed by atoms with E-state index in [0.717, 1.165) is 5.82 Å². The summed E-state index contributed by atoms with van der Waals surface area (Å²) in [4.78, 5) is 6.35. The van der Waals surface area contributed by atoms with Gasteiger partial charge in [-0.1, -0.05) is 0 Å². The lowest BCUT2D eigenvalue weighted by Gasteiger charge is -2.34. The number of nitrogens with two attached hydrogens (primary N) is 1. The number of piperazine rings is 1. The van der Waals surface area contributed by atoms with Crippen LogP contribution in [0.25, 0.3) is 0 Å². The molecule has 2 rings (SSSR count). The Morgan fingerprint density at radius 1 is 1.38 bits per heavy atom. The summed E-state index contributed by atoms with van der Waals surface area (Å²) in [7, 11) is -3.11. The summed E-state index contributed by atoms with van der Waals surface area (Å²) in [5, 5.41) is 9.81. The predicted octanol–water partition coefficient (Wildman–Crippen LogP) is -0.141. The molecule has 4 N–H and O–H groups in total. The van der Waals surface area contributed by atoms with Crippen LogP contribution in [0.5, 0.6) is 0 Å². The molecule has 1 aliphatic rings. The third kappa shape index (κ3) is 3.82. The molecule has 1 aromatic heterocycles. The first kappa shape index (κ1) is 15.5. The largest absolute Gasteiger partial charge is 0.370 e. The zero-order chi connectivity index (χ0) is 15.5. The van der Waals surface area contributed by atoms with Gasteiger partial charge in [0.1, 0.15) is 5.82 Å². The maximum Gasteiger partial charge on any atom is 0.213 e. The third-order valence-corrected chi connectivity index (χ3v) is 5.23. The molecule has 0 aromatic carbocycles. The number of pyridine rings is 1. The second-order valence-corrected chi connectivity index (χ2v) is 6.99. The number of hydrogen-bond acceptors (Lipinski definition) is 5. The van der Waals surface area contributed by atoms with Crippen molar-refractivity contribution in [1.29, 1.82) is 5.41 Å². The van der Waals surface area contributed by atoms with Gasteiger partial charge in [-0.05, 0) is 19.1 Å². The molecular formula is C12H20N6O2S. The van der Waals surface area contributed by atoms with Crippen molar-refractivity contribution in [3.63, 3.8) is 0 Å². The molecule has 0 atom stereocenters. The highest BCUT2D eigenvalue weighted by Gasteiger charge is 2.25. The molecule has 0 aliphatic carbocycles. The van der Waals surface area contributed by atoms with E-state index in [1.807, 2.05) is 11.0 Å². The zero-order valence-corrected chi connectivity index (χ0v) is 12.7. The van der Waals surface area contributed by atoms with E-state index in [4.69, 9.17) is 11.1 Å². The Balaban J connectivity index is 1.98. The summed E-state index contributed by atoms with van der Waals surface area (Å²) in [5.41, 5.74) is 5.90. The number of sulfonamides is 1. The molecule has 1 fully saturated rings. The minimum atomic E-state index is -3.11. The summed E-state index contributed by atoms with van der Waals surface area (Å²) in [6.07, 6.45) is 1.60. The lowest BCUT2D eigenvalue weighted by atomic mass is 10.3. The van der Waals surface area contributed by atoms with Crippen LogP contribution in [0.15, 0.2) is 18.3 Å². The smallest absolute Gasteiger partial charge is 0.213 e. The Morgan fingerprint density at radius 2 is 2.05 bits per heavy atom. The van der Waals surface area contributed by atoms with E-state index < -0.39 is 10.0 Å². The van der Waals surface area contributed by atoms with Crippen LogP contribution in [0.3, 0.4) is 0 Å². The first-order valence-corrected chi connectivity index (χ1v) is 8.33. The molecule has 116 valence electrons. The lowest BCUT2D eigenvalue weighted by molar-refractivity contribution is 0.384. The van der Waals surface area contributed by atoms with Crippen LogP contribution in [-0.4, -0.2) is 55.6 Å². The maximum absolute atomic E-state index is 11.8. The van der Waals surface area contributed by atoms with Crippen LogP contribution in [0.1, 0.15) is 6.92 Å². The second-order valence-electron chi connectivity index (χ2n) is 4.73. The van der Waals surface area contributed by atoms with E-state index in [9.17, 15) is 8.42 Å². The molecule has 1 aromatic rings. The molecule has 0 unspecified atom stereocenters. The van der Waals surface area contributed by atoms with Crippen LogP contribution in [0, 0.1) is 5.41 Å². The number of rotatable bonds is 4. The van der Waals surface area contributed by atoms with Gasteiger partial charge >= 0.3 is 0 Å². The quantitative estimate of drug-likeness (QED) is 0.526. The standard InChI is InChI=1S/C12H20N6O2S/c1-2-21(19,20)18-7-5-17(6-8-18)11-4-3-10(9-15-11)16-12(13)14/h3-4,9H,2,5-8H2,1H3,(H4,13,14,16). The van der Waals surface area contributed by atoms with Crippen molar-refractivity contribution in [3.05, 3.63) is 18.3 Å². The minimum absolute atomic E-state index is 0.136. The number of nitrogens with one attached hydrogen (secondary N) is 2. The Hall–Kier alpha value is -1.87.